The summed E-state index contributed by atoms with van der Waals surface area (Å²) < 4.78 is 2.04. The summed E-state index contributed by atoms with van der Waals surface area (Å²) in [6.07, 6.45) is 3.18. The molecule has 15 heavy (non-hydrogen) atoms. The van der Waals surface area contributed by atoms with Gasteiger partial charge in [0.25, 0.3) is 0 Å². The normalized spacial score (nSPS) is 10.2. The van der Waals surface area contributed by atoms with Gasteiger partial charge < -0.3 is 5.11 Å². The molecule has 0 amide bonds. The summed E-state index contributed by atoms with van der Waals surface area (Å²) in [5.41, 5.74) is 0.858. The second kappa shape index (κ2) is 3.82. The molecule has 1 heterocycles. The fourth-order valence-electron chi connectivity index (χ4n) is 1.17. The van der Waals surface area contributed by atoms with Gasteiger partial charge in [-0.1, -0.05) is 5.21 Å². The number of benzene rings is 1. The minimum atomic E-state index is -0.983. The van der Waals surface area contributed by atoms with Crippen LogP contribution in [0.15, 0.2) is 35.1 Å². The first-order chi connectivity index (χ1) is 7.18. The van der Waals surface area contributed by atoms with Crippen molar-refractivity contribution in [1.29, 1.82) is 0 Å². The van der Waals surface area contributed by atoms with Crippen LogP contribution in [0.25, 0.3) is 5.69 Å². The summed E-state index contributed by atoms with van der Waals surface area (Å²) in [5, 5.41) is 16.3. The Hall–Kier alpha value is -1.69. The van der Waals surface area contributed by atoms with Crippen LogP contribution in [0.5, 0.6) is 0 Å². The average Bonchev–Trinajstić information content (AvgIpc) is 2.71. The molecular formula is C9H6BrN3O2. The van der Waals surface area contributed by atoms with E-state index in [-0.39, 0.29) is 5.56 Å². The molecule has 0 aliphatic carbocycles. The number of nitrogens with zero attached hydrogens (tertiary/aromatic N) is 3. The van der Waals surface area contributed by atoms with Crippen LogP contribution < -0.4 is 0 Å². The predicted octanol–water partition coefficient (Wildman–Crippen LogP) is 1.73. The summed E-state index contributed by atoms with van der Waals surface area (Å²) >= 11 is 3.17. The molecular weight excluding hydrogens is 262 g/mol. The first kappa shape index (κ1) is 9.85. The Labute approximate surface area is 93.5 Å². The van der Waals surface area contributed by atoms with Gasteiger partial charge in [0.2, 0.25) is 0 Å². The van der Waals surface area contributed by atoms with Gasteiger partial charge in [0, 0.05) is 4.47 Å². The maximum absolute atomic E-state index is 10.9. The van der Waals surface area contributed by atoms with Crippen molar-refractivity contribution in [3.05, 3.63) is 40.6 Å². The number of carboxylic acids is 1. The van der Waals surface area contributed by atoms with Crippen molar-refractivity contribution in [2.24, 2.45) is 0 Å². The van der Waals surface area contributed by atoms with Crippen molar-refractivity contribution in [3.8, 4) is 5.69 Å². The Morgan fingerprint density at radius 2 is 2.27 bits per heavy atom. The van der Waals surface area contributed by atoms with Crippen LogP contribution >= 0.6 is 15.9 Å². The monoisotopic (exact) mass is 267 g/mol. The number of carbonyl (C=O) groups is 1. The van der Waals surface area contributed by atoms with E-state index in [9.17, 15) is 4.79 Å². The molecule has 5 nitrogen and oxygen atoms in total. The van der Waals surface area contributed by atoms with Crippen LogP contribution in [-0.4, -0.2) is 26.1 Å². The summed E-state index contributed by atoms with van der Waals surface area (Å²) in [6.45, 7) is 0. The van der Waals surface area contributed by atoms with E-state index in [0.717, 1.165) is 0 Å². The third-order valence-corrected chi connectivity index (χ3v) is 2.56. The van der Waals surface area contributed by atoms with Gasteiger partial charge in [-0.25, -0.2) is 9.48 Å². The molecule has 0 aliphatic heterocycles. The Morgan fingerprint density at radius 1 is 1.47 bits per heavy atom. The SMILES string of the molecule is O=C(O)c1cc(-n2ccnn2)ccc1Br. The maximum Gasteiger partial charge on any atom is 0.336 e. The smallest absolute Gasteiger partial charge is 0.336 e. The zero-order valence-electron chi connectivity index (χ0n) is 7.46. The third kappa shape index (κ3) is 1.89. The quantitative estimate of drug-likeness (QED) is 0.900. The Balaban J connectivity index is 2.52. The van der Waals surface area contributed by atoms with Gasteiger partial charge in [-0.2, -0.15) is 0 Å². The van der Waals surface area contributed by atoms with Crippen molar-refractivity contribution in [2.75, 3.05) is 0 Å². The molecule has 1 N–H and O–H groups in total. The molecule has 0 aliphatic rings. The van der Waals surface area contributed by atoms with E-state index in [2.05, 4.69) is 26.2 Å². The second-order valence-corrected chi connectivity index (χ2v) is 3.67. The number of hydrogen-bond acceptors (Lipinski definition) is 3. The van der Waals surface area contributed by atoms with Crippen LogP contribution in [0.2, 0.25) is 0 Å². The van der Waals surface area contributed by atoms with Gasteiger partial charge >= 0.3 is 5.97 Å². The first-order valence-electron chi connectivity index (χ1n) is 4.08. The van der Waals surface area contributed by atoms with Crippen LogP contribution in [-0.2, 0) is 0 Å². The van der Waals surface area contributed by atoms with Crippen molar-refractivity contribution in [2.45, 2.75) is 0 Å². The lowest BCUT2D eigenvalue weighted by Gasteiger charge is -2.03. The van der Waals surface area contributed by atoms with E-state index in [1.807, 2.05) is 0 Å². The van der Waals surface area contributed by atoms with E-state index in [1.54, 1.807) is 18.3 Å². The molecule has 6 heteroatoms. The molecule has 0 saturated heterocycles. The highest BCUT2D eigenvalue weighted by Crippen LogP contribution is 2.19. The highest BCUT2D eigenvalue weighted by atomic mass is 79.9. The first-order valence-corrected chi connectivity index (χ1v) is 4.87. The van der Waals surface area contributed by atoms with Crippen LogP contribution in [0, 0.1) is 0 Å². The maximum atomic E-state index is 10.9. The minimum Gasteiger partial charge on any atom is -0.478 e. The fraction of sp³-hybridized carbons (Fsp3) is 0. The van der Waals surface area contributed by atoms with Crippen molar-refractivity contribution in [1.82, 2.24) is 15.0 Å². The van der Waals surface area contributed by atoms with Crippen molar-refractivity contribution in [3.63, 3.8) is 0 Å². The van der Waals surface area contributed by atoms with Crippen molar-refractivity contribution < 1.29 is 9.90 Å². The van der Waals surface area contributed by atoms with Gasteiger partial charge in [-0.15, -0.1) is 5.10 Å². The number of aromatic carboxylic acids is 1. The lowest BCUT2D eigenvalue weighted by atomic mass is 10.2. The van der Waals surface area contributed by atoms with Crippen LogP contribution in [0.3, 0.4) is 0 Å². The third-order valence-electron chi connectivity index (χ3n) is 1.87. The lowest BCUT2D eigenvalue weighted by Crippen LogP contribution is -2.01. The second-order valence-electron chi connectivity index (χ2n) is 2.82. The molecule has 0 spiro atoms. The van der Waals surface area contributed by atoms with E-state index in [0.29, 0.717) is 10.2 Å². The Bertz CT molecular complexity index is 496. The Kier molecular flexibility index (Phi) is 2.51. The molecule has 0 fully saturated rings. The average molecular weight is 268 g/mol. The summed E-state index contributed by atoms with van der Waals surface area (Å²) in [4.78, 5) is 10.9. The molecule has 1 aromatic carbocycles. The molecule has 0 saturated carbocycles. The number of aromatic nitrogens is 3. The molecule has 2 rings (SSSR count). The largest absolute Gasteiger partial charge is 0.478 e. The van der Waals surface area contributed by atoms with Crippen LogP contribution in [0.4, 0.5) is 0 Å². The van der Waals surface area contributed by atoms with Crippen LogP contribution in [0.1, 0.15) is 10.4 Å². The zero-order chi connectivity index (χ0) is 10.8. The van der Waals surface area contributed by atoms with Crippen molar-refractivity contribution >= 4 is 21.9 Å². The molecule has 0 radical (unpaired) electrons. The molecule has 2 aromatic rings. The lowest BCUT2D eigenvalue weighted by molar-refractivity contribution is 0.0696. The molecule has 0 atom stereocenters. The fourth-order valence-corrected chi connectivity index (χ4v) is 1.58. The number of rotatable bonds is 2. The van der Waals surface area contributed by atoms with Gasteiger partial charge in [0.15, 0.2) is 0 Å². The number of hydrogen-bond donors (Lipinski definition) is 1. The Morgan fingerprint density at radius 3 is 2.87 bits per heavy atom. The summed E-state index contributed by atoms with van der Waals surface area (Å²) in [5.74, 6) is -0.983. The van der Waals surface area contributed by atoms with E-state index in [4.69, 9.17) is 5.11 Å². The predicted molar refractivity (Wildman–Crippen MR) is 56.0 cm³/mol. The highest BCUT2D eigenvalue weighted by molar-refractivity contribution is 9.10. The van der Waals surface area contributed by atoms with Gasteiger partial charge in [0.1, 0.15) is 0 Å². The molecule has 0 unspecified atom stereocenters. The van der Waals surface area contributed by atoms with E-state index in [1.165, 1.54) is 16.9 Å². The number of halogens is 1. The highest BCUT2D eigenvalue weighted by Gasteiger charge is 2.09. The van der Waals surface area contributed by atoms with Gasteiger partial charge in [-0.05, 0) is 34.1 Å². The summed E-state index contributed by atoms with van der Waals surface area (Å²) in [7, 11) is 0. The standard InChI is InChI=1S/C9H6BrN3O2/c10-8-2-1-6(5-7(8)9(14)15)13-4-3-11-12-13/h1-5H,(H,14,15). The number of carboxylic acid groups (broad SMARTS) is 1. The summed E-state index contributed by atoms with van der Waals surface area (Å²) in [6, 6.07) is 4.95. The molecule has 1 aromatic heterocycles. The molecule has 76 valence electrons. The zero-order valence-corrected chi connectivity index (χ0v) is 9.05. The molecule has 0 bridgehead atoms. The van der Waals surface area contributed by atoms with E-state index < -0.39 is 5.97 Å². The van der Waals surface area contributed by atoms with Gasteiger partial charge in [0.05, 0.1) is 23.6 Å². The van der Waals surface area contributed by atoms with Gasteiger partial charge in [-0.3, -0.25) is 0 Å². The topological polar surface area (TPSA) is 68.0 Å². The minimum absolute atomic E-state index is 0.197. The van der Waals surface area contributed by atoms with E-state index >= 15 is 0 Å².